The number of rotatable bonds is 5. The number of aromatic amines is 1. The predicted molar refractivity (Wildman–Crippen MR) is 92.8 cm³/mol. The van der Waals surface area contributed by atoms with Crippen LogP contribution in [0.1, 0.15) is 5.56 Å². The van der Waals surface area contributed by atoms with Crippen LogP contribution in [-0.4, -0.2) is 27.5 Å². The van der Waals surface area contributed by atoms with Gasteiger partial charge in [0, 0.05) is 17.5 Å². The van der Waals surface area contributed by atoms with Crippen molar-refractivity contribution in [2.75, 3.05) is 6.61 Å². The molecule has 0 aliphatic heterocycles. The van der Waals surface area contributed by atoms with Crippen LogP contribution in [0, 0.1) is 21.4 Å². The van der Waals surface area contributed by atoms with Gasteiger partial charge in [0.25, 0.3) is 5.69 Å². The monoisotopic (exact) mass is 365 g/mol. The number of H-pyrrole nitrogens is 1. The molecule has 0 bridgehead atoms. The van der Waals surface area contributed by atoms with Gasteiger partial charge in [-0.3, -0.25) is 14.9 Å². The first-order valence-corrected chi connectivity index (χ1v) is 7.55. The molecule has 2 aromatic carbocycles. The van der Waals surface area contributed by atoms with Gasteiger partial charge in [-0.15, -0.1) is 10.2 Å². The van der Waals surface area contributed by atoms with Gasteiger partial charge in [0.05, 0.1) is 16.0 Å². The highest BCUT2D eigenvalue weighted by Gasteiger charge is 2.15. The van der Waals surface area contributed by atoms with E-state index in [0.717, 1.165) is 0 Å². The summed E-state index contributed by atoms with van der Waals surface area (Å²) in [6.07, 6.45) is 0. The molecule has 0 spiro atoms. The van der Waals surface area contributed by atoms with Gasteiger partial charge in [0.1, 0.15) is 11.8 Å². The Balaban J connectivity index is 1.78. The third-order valence-electron chi connectivity index (χ3n) is 3.57. The van der Waals surface area contributed by atoms with E-state index in [1.165, 1.54) is 30.3 Å². The minimum absolute atomic E-state index is 0.0977. The number of nitro groups is 1. The summed E-state index contributed by atoms with van der Waals surface area (Å²) in [4.78, 5) is 24.8. The quantitative estimate of drug-likeness (QED) is 0.401. The molecule has 0 aliphatic carbocycles. The number of fused-ring (bicyclic) bond motifs is 1. The maximum Gasteiger partial charge on any atom is 0.302 e. The van der Waals surface area contributed by atoms with Crippen molar-refractivity contribution in [3.8, 4) is 17.7 Å². The highest BCUT2D eigenvalue weighted by Crippen LogP contribution is 2.37. The van der Waals surface area contributed by atoms with Crippen molar-refractivity contribution in [1.82, 2.24) is 4.98 Å². The number of nitriles is 1. The van der Waals surface area contributed by atoms with Crippen LogP contribution in [0.3, 0.4) is 0 Å². The lowest BCUT2D eigenvalue weighted by Crippen LogP contribution is -2.08. The van der Waals surface area contributed by atoms with Crippen LogP contribution in [0.2, 0.25) is 0 Å². The lowest BCUT2D eigenvalue weighted by molar-refractivity contribution is -0.384. The molecule has 1 aromatic heterocycles. The number of ether oxygens (including phenoxy) is 1. The summed E-state index contributed by atoms with van der Waals surface area (Å²) < 4.78 is 5.24. The number of hydrogen-bond donors (Lipinski definition) is 2. The van der Waals surface area contributed by atoms with Gasteiger partial charge in [0.2, 0.25) is 5.88 Å². The zero-order valence-electron chi connectivity index (χ0n) is 13.6. The number of nitro benzene ring substituents is 1. The Labute approximate surface area is 151 Å². The van der Waals surface area contributed by atoms with Crippen molar-refractivity contribution >= 4 is 28.2 Å². The zero-order chi connectivity index (χ0) is 19.4. The first kappa shape index (κ1) is 17.6. The van der Waals surface area contributed by atoms with Gasteiger partial charge < -0.3 is 14.8 Å². The number of azo groups is 1. The largest absolute Gasteiger partial charge is 0.493 e. The number of nitrogens with zero attached hydrogens (tertiary/aromatic N) is 4. The van der Waals surface area contributed by atoms with E-state index in [1.54, 1.807) is 12.1 Å². The maximum atomic E-state index is 11.9. The number of carbonyl (C=O) groups excluding carboxylic acids is 1. The Kier molecular flexibility index (Phi) is 4.76. The lowest BCUT2D eigenvalue weighted by Gasteiger charge is -2.04. The van der Waals surface area contributed by atoms with Crippen molar-refractivity contribution in [2.45, 2.75) is 0 Å². The van der Waals surface area contributed by atoms with Gasteiger partial charge >= 0.3 is 5.91 Å². The summed E-state index contributed by atoms with van der Waals surface area (Å²) >= 11 is 0. The van der Waals surface area contributed by atoms with E-state index < -0.39 is 17.4 Å². The molecule has 27 heavy (non-hydrogen) atoms. The Hall–Kier alpha value is -4.26. The van der Waals surface area contributed by atoms with Crippen LogP contribution >= 0.6 is 0 Å². The number of carbonyl (C=O) groups is 1. The smallest absolute Gasteiger partial charge is 0.302 e. The lowest BCUT2D eigenvalue weighted by atomic mass is 10.2. The molecule has 3 aromatic rings. The van der Waals surface area contributed by atoms with E-state index in [4.69, 9.17) is 10.00 Å². The molecule has 0 fully saturated rings. The van der Waals surface area contributed by atoms with Crippen molar-refractivity contribution in [3.63, 3.8) is 0 Å². The molecule has 10 nitrogen and oxygen atoms in total. The molecule has 0 atom stereocenters. The number of para-hydroxylation sites is 1. The number of hydrogen-bond acceptors (Lipinski definition) is 7. The van der Waals surface area contributed by atoms with Gasteiger partial charge in [-0.1, -0.05) is 12.1 Å². The van der Waals surface area contributed by atoms with Crippen LogP contribution in [0.5, 0.6) is 11.6 Å². The van der Waals surface area contributed by atoms with E-state index >= 15 is 0 Å². The van der Waals surface area contributed by atoms with Gasteiger partial charge in [-0.05, 0) is 18.2 Å². The highest BCUT2D eigenvalue weighted by atomic mass is 16.6. The minimum atomic E-state index is -0.762. The molecule has 0 saturated carbocycles. The second-order valence-corrected chi connectivity index (χ2v) is 5.30. The van der Waals surface area contributed by atoms with Crippen molar-refractivity contribution in [3.05, 3.63) is 58.1 Å². The summed E-state index contributed by atoms with van der Waals surface area (Å²) in [5.41, 5.74) is 0.378. The van der Waals surface area contributed by atoms with Crippen molar-refractivity contribution in [2.24, 2.45) is 10.2 Å². The number of amides is 1. The highest BCUT2D eigenvalue weighted by molar-refractivity contribution is 5.95. The average molecular weight is 365 g/mol. The second kappa shape index (κ2) is 7.32. The standard InChI is InChI=1S/C17H11N5O5/c18-8-10-3-1-2-4-14(10)27-9-15(23)20-21-16-12-7-11(22(25)26)5-6-13(12)19-17(16)24/h1-7,19,24H,9H2. The Morgan fingerprint density at radius 3 is 2.85 bits per heavy atom. The summed E-state index contributed by atoms with van der Waals surface area (Å²) in [5, 5.41) is 37.1. The molecule has 0 unspecified atom stereocenters. The van der Waals surface area contributed by atoms with E-state index in [0.29, 0.717) is 5.52 Å². The molecule has 1 heterocycles. The maximum absolute atomic E-state index is 11.9. The predicted octanol–water partition coefficient (Wildman–Crippen LogP) is 3.34. The molecule has 1 amide bonds. The first-order chi connectivity index (χ1) is 13.0. The fourth-order valence-electron chi connectivity index (χ4n) is 2.33. The second-order valence-electron chi connectivity index (χ2n) is 5.30. The Bertz CT molecular complexity index is 1110. The van der Waals surface area contributed by atoms with Crippen LogP contribution < -0.4 is 4.74 Å². The SMILES string of the molecule is N#Cc1ccccc1OCC(=O)N=Nc1c(O)[nH]c2ccc([N+](=O)[O-])cc12. The van der Waals surface area contributed by atoms with Crippen LogP contribution in [0.4, 0.5) is 11.4 Å². The molecular formula is C17H11N5O5. The molecular weight excluding hydrogens is 354 g/mol. The molecule has 2 N–H and O–H groups in total. The van der Waals surface area contributed by atoms with Crippen LogP contribution in [0.25, 0.3) is 10.9 Å². The summed E-state index contributed by atoms with van der Waals surface area (Å²) in [6, 6.07) is 12.2. The third kappa shape index (κ3) is 3.72. The molecule has 3 rings (SSSR count). The number of benzene rings is 2. The normalized spacial score (nSPS) is 10.8. The third-order valence-corrected chi connectivity index (χ3v) is 3.57. The van der Waals surface area contributed by atoms with E-state index in [1.807, 2.05) is 6.07 Å². The van der Waals surface area contributed by atoms with Crippen LogP contribution in [0.15, 0.2) is 52.7 Å². The summed E-state index contributed by atoms with van der Waals surface area (Å²) in [5.74, 6) is -0.908. The molecule has 0 saturated heterocycles. The van der Waals surface area contributed by atoms with Crippen LogP contribution in [-0.2, 0) is 4.79 Å². The van der Waals surface area contributed by atoms with E-state index in [-0.39, 0.29) is 34.0 Å². The summed E-state index contributed by atoms with van der Waals surface area (Å²) in [6.45, 7) is -0.467. The van der Waals surface area contributed by atoms with Gasteiger partial charge in [-0.25, -0.2) is 0 Å². The molecule has 0 aliphatic rings. The van der Waals surface area contributed by atoms with Crippen molar-refractivity contribution in [1.29, 1.82) is 5.26 Å². The summed E-state index contributed by atoms with van der Waals surface area (Å²) in [7, 11) is 0. The van der Waals surface area contributed by atoms with E-state index in [2.05, 4.69) is 15.2 Å². The number of aromatic hydroxyl groups is 1. The fourth-order valence-corrected chi connectivity index (χ4v) is 2.33. The first-order valence-electron chi connectivity index (χ1n) is 7.55. The topological polar surface area (TPSA) is 154 Å². The molecule has 10 heteroatoms. The average Bonchev–Trinajstić information content (AvgIpc) is 2.99. The number of non-ortho nitro benzene ring substituents is 1. The number of nitrogens with one attached hydrogen (secondary N) is 1. The molecule has 134 valence electrons. The fraction of sp³-hybridized carbons (Fsp3) is 0.0588. The Morgan fingerprint density at radius 2 is 2.11 bits per heavy atom. The van der Waals surface area contributed by atoms with Gasteiger partial charge in [-0.2, -0.15) is 5.26 Å². The minimum Gasteiger partial charge on any atom is -0.493 e. The molecule has 0 radical (unpaired) electrons. The van der Waals surface area contributed by atoms with E-state index in [9.17, 15) is 20.0 Å². The van der Waals surface area contributed by atoms with Gasteiger partial charge in [0.15, 0.2) is 12.3 Å². The zero-order valence-corrected chi connectivity index (χ0v) is 13.6. The number of aromatic nitrogens is 1. The van der Waals surface area contributed by atoms with Crippen molar-refractivity contribution < 1.29 is 19.6 Å². The Morgan fingerprint density at radius 1 is 1.33 bits per heavy atom.